The molecular weight excluding hydrogens is 250 g/mol. The topological polar surface area (TPSA) is 30.5 Å². The van der Waals surface area contributed by atoms with E-state index in [9.17, 15) is 0 Å². The molecule has 1 N–H and O–H groups in total. The van der Waals surface area contributed by atoms with Crippen molar-refractivity contribution in [2.45, 2.75) is 12.8 Å². The minimum Gasteiger partial charge on any atom is -0.497 e. The molecule has 0 fully saturated rings. The highest BCUT2D eigenvalue weighted by molar-refractivity contribution is 6.17. The molecule has 0 spiro atoms. The average molecular weight is 272 g/mol. The highest BCUT2D eigenvalue weighted by Gasteiger charge is 1.95. The summed E-state index contributed by atoms with van der Waals surface area (Å²) >= 11 is 5.50. The van der Waals surface area contributed by atoms with E-state index in [1.807, 2.05) is 12.1 Å². The molecule has 0 atom stereocenters. The first-order chi connectivity index (χ1) is 8.86. The first-order valence-electron chi connectivity index (χ1n) is 6.34. The summed E-state index contributed by atoms with van der Waals surface area (Å²) in [6.07, 6.45) is 2.06. The van der Waals surface area contributed by atoms with Crippen LogP contribution in [0.3, 0.4) is 0 Å². The van der Waals surface area contributed by atoms with Crippen LogP contribution in [0, 0.1) is 0 Å². The maximum atomic E-state index is 5.50. The number of alkyl halides is 1. The van der Waals surface area contributed by atoms with Gasteiger partial charge in [-0.25, -0.2) is 0 Å². The van der Waals surface area contributed by atoms with Gasteiger partial charge in [0.2, 0.25) is 0 Å². The fraction of sp³-hybridized carbons (Fsp3) is 0.571. The Kier molecular flexibility index (Phi) is 8.65. The lowest BCUT2D eigenvalue weighted by atomic mass is 10.1. The third-order valence-corrected chi connectivity index (χ3v) is 2.77. The van der Waals surface area contributed by atoms with Gasteiger partial charge in [0, 0.05) is 12.5 Å². The molecule has 0 aromatic heterocycles. The van der Waals surface area contributed by atoms with Gasteiger partial charge in [0.15, 0.2) is 0 Å². The van der Waals surface area contributed by atoms with Crippen LogP contribution < -0.4 is 10.1 Å². The van der Waals surface area contributed by atoms with Crippen LogP contribution in [0.1, 0.15) is 12.0 Å². The van der Waals surface area contributed by atoms with E-state index in [2.05, 4.69) is 17.4 Å². The smallest absolute Gasteiger partial charge is 0.118 e. The highest BCUT2D eigenvalue weighted by atomic mass is 35.5. The summed E-state index contributed by atoms with van der Waals surface area (Å²) in [6, 6.07) is 8.19. The SMILES string of the molecule is COc1ccc(CCNCCCOCCCl)cc1. The van der Waals surface area contributed by atoms with Gasteiger partial charge in [0.1, 0.15) is 5.75 Å². The normalized spacial score (nSPS) is 10.6. The van der Waals surface area contributed by atoms with Gasteiger partial charge in [-0.1, -0.05) is 12.1 Å². The fourth-order valence-electron chi connectivity index (χ4n) is 1.61. The van der Waals surface area contributed by atoms with Crippen LogP contribution in [0.25, 0.3) is 0 Å². The maximum absolute atomic E-state index is 5.50. The second-order valence-corrected chi connectivity index (χ2v) is 4.38. The van der Waals surface area contributed by atoms with Crippen molar-refractivity contribution in [2.75, 3.05) is 39.3 Å². The molecule has 3 nitrogen and oxygen atoms in total. The van der Waals surface area contributed by atoms with Crippen molar-refractivity contribution in [3.05, 3.63) is 29.8 Å². The predicted molar refractivity (Wildman–Crippen MR) is 75.7 cm³/mol. The van der Waals surface area contributed by atoms with Gasteiger partial charge in [-0.2, -0.15) is 0 Å². The molecular formula is C14H22ClNO2. The summed E-state index contributed by atoms with van der Waals surface area (Å²) in [7, 11) is 1.68. The molecule has 1 aromatic carbocycles. The van der Waals surface area contributed by atoms with E-state index in [-0.39, 0.29) is 0 Å². The molecule has 1 rings (SSSR count). The molecule has 0 aliphatic rings. The first kappa shape index (κ1) is 15.3. The van der Waals surface area contributed by atoms with E-state index in [0.29, 0.717) is 12.5 Å². The molecule has 18 heavy (non-hydrogen) atoms. The van der Waals surface area contributed by atoms with Crippen LogP contribution in [0.15, 0.2) is 24.3 Å². The Morgan fingerprint density at radius 2 is 1.89 bits per heavy atom. The Morgan fingerprint density at radius 3 is 2.56 bits per heavy atom. The van der Waals surface area contributed by atoms with Crippen LogP contribution in [0.2, 0.25) is 0 Å². The summed E-state index contributed by atoms with van der Waals surface area (Å²) in [5, 5.41) is 3.40. The molecule has 0 unspecified atom stereocenters. The van der Waals surface area contributed by atoms with E-state index in [0.717, 1.165) is 38.3 Å². The van der Waals surface area contributed by atoms with Crippen LogP contribution in [0.4, 0.5) is 0 Å². The molecule has 102 valence electrons. The van der Waals surface area contributed by atoms with E-state index in [1.165, 1.54) is 5.56 Å². The van der Waals surface area contributed by atoms with E-state index < -0.39 is 0 Å². The number of halogens is 1. The first-order valence-corrected chi connectivity index (χ1v) is 6.87. The molecule has 0 radical (unpaired) electrons. The number of rotatable bonds is 10. The molecule has 1 aromatic rings. The Labute approximate surface area is 114 Å². The van der Waals surface area contributed by atoms with Crippen LogP contribution in [-0.4, -0.2) is 39.3 Å². The second kappa shape index (κ2) is 10.2. The summed E-state index contributed by atoms with van der Waals surface area (Å²) in [4.78, 5) is 0. The van der Waals surface area contributed by atoms with Gasteiger partial charge >= 0.3 is 0 Å². The van der Waals surface area contributed by atoms with Gasteiger partial charge in [-0.05, 0) is 43.6 Å². The number of hydrogen-bond acceptors (Lipinski definition) is 3. The fourth-order valence-corrected chi connectivity index (χ4v) is 1.71. The lowest BCUT2D eigenvalue weighted by Gasteiger charge is -2.06. The van der Waals surface area contributed by atoms with Gasteiger partial charge in [0.25, 0.3) is 0 Å². The van der Waals surface area contributed by atoms with Crippen molar-refractivity contribution in [1.29, 1.82) is 0 Å². The molecule has 0 aliphatic carbocycles. The predicted octanol–water partition coefficient (Wildman–Crippen LogP) is 2.47. The molecule has 0 heterocycles. The van der Waals surface area contributed by atoms with Crippen LogP contribution in [-0.2, 0) is 11.2 Å². The lowest BCUT2D eigenvalue weighted by Crippen LogP contribution is -2.19. The average Bonchev–Trinajstić information content (AvgIpc) is 2.42. The Balaban J connectivity index is 2.00. The zero-order chi connectivity index (χ0) is 13.1. The van der Waals surface area contributed by atoms with Gasteiger partial charge in [0.05, 0.1) is 13.7 Å². The molecule has 0 aliphatic heterocycles. The second-order valence-electron chi connectivity index (χ2n) is 4.00. The van der Waals surface area contributed by atoms with Crippen molar-refractivity contribution in [3.63, 3.8) is 0 Å². The minimum absolute atomic E-state index is 0.574. The number of nitrogens with one attached hydrogen (secondary N) is 1. The maximum Gasteiger partial charge on any atom is 0.118 e. The Morgan fingerprint density at radius 1 is 1.11 bits per heavy atom. The number of hydrogen-bond donors (Lipinski definition) is 1. The molecule has 0 saturated heterocycles. The van der Waals surface area contributed by atoms with E-state index in [1.54, 1.807) is 7.11 Å². The standard InChI is InChI=1S/C14H22ClNO2/c1-17-14-5-3-13(4-6-14)7-10-16-9-2-11-18-12-8-15/h3-6,16H,2,7-12H2,1H3. The molecule has 0 saturated carbocycles. The monoisotopic (exact) mass is 271 g/mol. The largest absolute Gasteiger partial charge is 0.497 e. The molecule has 4 heteroatoms. The number of methoxy groups -OCH3 is 1. The lowest BCUT2D eigenvalue weighted by molar-refractivity contribution is 0.146. The minimum atomic E-state index is 0.574. The zero-order valence-corrected chi connectivity index (χ0v) is 11.7. The van der Waals surface area contributed by atoms with Gasteiger partial charge < -0.3 is 14.8 Å². The zero-order valence-electron chi connectivity index (χ0n) is 11.0. The van der Waals surface area contributed by atoms with Gasteiger partial charge in [-0.15, -0.1) is 11.6 Å². The highest BCUT2D eigenvalue weighted by Crippen LogP contribution is 2.11. The van der Waals surface area contributed by atoms with Crippen molar-refractivity contribution in [1.82, 2.24) is 5.32 Å². The number of ether oxygens (including phenoxy) is 2. The van der Waals surface area contributed by atoms with Gasteiger partial charge in [-0.3, -0.25) is 0 Å². The van der Waals surface area contributed by atoms with Crippen molar-refractivity contribution < 1.29 is 9.47 Å². The summed E-state index contributed by atoms with van der Waals surface area (Å²) < 4.78 is 10.4. The molecule has 0 bridgehead atoms. The van der Waals surface area contributed by atoms with E-state index in [4.69, 9.17) is 21.1 Å². The van der Waals surface area contributed by atoms with Crippen LogP contribution in [0.5, 0.6) is 5.75 Å². The van der Waals surface area contributed by atoms with Crippen molar-refractivity contribution in [3.8, 4) is 5.75 Å². The Hall–Kier alpha value is -0.770. The third kappa shape index (κ3) is 6.84. The Bertz CT molecular complexity index is 303. The summed E-state index contributed by atoms with van der Waals surface area (Å²) in [6.45, 7) is 3.40. The van der Waals surface area contributed by atoms with Crippen LogP contribution >= 0.6 is 11.6 Å². The van der Waals surface area contributed by atoms with Crippen molar-refractivity contribution >= 4 is 11.6 Å². The quantitative estimate of drug-likeness (QED) is 0.524. The molecule has 0 amide bonds. The summed E-state index contributed by atoms with van der Waals surface area (Å²) in [5.41, 5.74) is 1.32. The van der Waals surface area contributed by atoms with Crippen molar-refractivity contribution in [2.24, 2.45) is 0 Å². The third-order valence-electron chi connectivity index (χ3n) is 2.61. The number of benzene rings is 1. The van der Waals surface area contributed by atoms with E-state index >= 15 is 0 Å². The summed E-state index contributed by atoms with van der Waals surface area (Å²) in [5.74, 6) is 1.48.